The number of carbonyl (C=O) groups is 1. The zero-order valence-electron chi connectivity index (χ0n) is 20.9. The van der Waals surface area contributed by atoms with E-state index in [-0.39, 0.29) is 18.5 Å². The summed E-state index contributed by atoms with van der Waals surface area (Å²) in [7, 11) is -3.83. The smallest absolute Gasteiger partial charge is 0.264 e. The van der Waals surface area contributed by atoms with Crippen LogP contribution in [0, 0.1) is 0 Å². The van der Waals surface area contributed by atoms with Gasteiger partial charge in [-0.25, -0.2) is 18.7 Å². The summed E-state index contributed by atoms with van der Waals surface area (Å²) in [5.41, 5.74) is 5.68. The minimum atomic E-state index is -3.83. The third kappa shape index (κ3) is 6.33. The molecule has 1 aliphatic rings. The SMILES string of the molecule is CC(CCn1ccc(-c2ccc(-c3ccncc3)cc2)cc1=O)(C(=O)NOC1CCCCO1)S(C)(=O)=O. The number of amides is 1. The Bertz CT molecular complexity index is 1380. The van der Waals surface area contributed by atoms with Crippen molar-refractivity contribution in [2.45, 2.75) is 50.2 Å². The van der Waals surface area contributed by atoms with Crippen LogP contribution >= 0.6 is 0 Å². The summed E-state index contributed by atoms with van der Waals surface area (Å²) < 4.78 is 30.2. The molecule has 1 aromatic carbocycles. The first-order valence-electron chi connectivity index (χ1n) is 12.2. The fraction of sp³-hybridized carbons (Fsp3) is 0.370. The highest BCUT2D eigenvalue weighted by Gasteiger charge is 2.44. The van der Waals surface area contributed by atoms with Crippen LogP contribution in [0.25, 0.3) is 22.3 Å². The molecule has 37 heavy (non-hydrogen) atoms. The molecular formula is C27H31N3O6S. The van der Waals surface area contributed by atoms with Crippen LogP contribution in [0.15, 0.2) is 71.9 Å². The van der Waals surface area contributed by atoms with Crippen LogP contribution in [-0.4, -0.2) is 47.8 Å². The van der Waals surface area contributed by atoms with Crippen molar-refractivity contribution in [1.82, 2.24) is 15.0 Å². The van der Waals surface area contributed by atoms with Crippen LogP contribution in [-0.2, 0) is 30.8 Å². The molecule has 2 unspecified atom stereocenters. The minimum absolute atomic E-state index is 0.0387. The van der Waals surface area contributed by atoms with Gasteiger partial charge in [-0.1, -0.05) is 24.3 Å². The van der Waals surface area contributed by atoms with Crippen molar-refractivity contribution < 1.29 is 22.8 Å². The maximum atomic E-state index is 12.9. The van der Waals surface area contributed by atoms with E-state index in [0.717, 1.165) is 41.4 Å². The van der Waals surface area contributed by atoms with E-state index in [1.165, 1.54) is 17.6 Å². The summed E-state index contributed by atoms with van der Waals surface area (Å²) in [6.07, 6.45) is 7.81. The molecule has 1 aliphatic heterocycles. The first-order chi connectivity index (χ1) is 17.7. The second kappa shape index (κ2) is 11.4. The molecular weight excluding hydrogens is 494 g/mol. The molecule has 0 saturated carbocycles. The quantitative estimate of drug-likeness (QED) is 0.426. The van der Waals surface area contributed by atoms with Crippen molar-refractivity contribution in [3.8, 4) is 22.3 Å². The molecule has 2 aromatic heterocycles. The third-order valence-corrected chi connectivity index (χ3v) is 8.80. The number of hydroxylamine groups is 1. The Kier molecular flexibility index (Phi) is 8.21. The molecule has 1 fully saturated rings. The van der Waals surface area contributed by atoms with E-state index in [1.54, 1.807) is 24.7 Å². The molecule has 4 rings (SSSR count). The van der Waals surface area contributed by atoms with Crippen molar-refractivity contribution in [2.75, 3.05) is 12.9 Å². The maximum Gasteiger partial charge on any atom is 0.264 e. The molecule has 2 atom stereocenters. The van der Waals surface area contributed by atoms with Gasteiger partial charge in [0.25, 0.3) is 11.5 Å². The fourth-order valence-electron chi connectivity index (χ4n) is 4.10. The molecule has 1 amide bonds. The first-order valence-corrected chi connectivity index (χ1v) is 14.1. The summed E-state index contributed by atoms with van der Waals surface area (Å²) in [4.78, 5) is 35.0. The van der Waals surface area contributed by atoms with E-state index in [1.807, 2.05) is 36.4 Å². The van der Waals surface area contributed by atoms with E-state index in [0.29, 0.717) is 13.0 Å². The van der Waals surface area contributed by atoms with Crippen molar-refractivity contribution in [3.05, 3.63) is 77.5 Å². The number of aromatic nitrogens is 2. The second-order valence-corrected chi connectivity index (χ2v) is 11.8. The number of carbonyl (C=O) groups excluding carboxylic acids is 1. The lowest BCUT2D eigenvalue weighted by Gasteiger charge is -2.28. The van der Waals surface area contributed by atoms with Crippen LogP contribution in [0.5, 0.6) is 0 Å². The van der Waals surface area contributed by atoms with Crippen molar-refractivity contribution in [3.63, 3.8) is 0 Å². The Hall–Kier alpha value is -3.34. The summed E-state index contributed by atoms with van der Waals surface area (Å²) in [6, 6.07) is 15.0. The number of hydrogen-bond acceptors (Lipinski definition) is 7. The molecule has 9 nitrogen and oxygen atoms in total. The van der Waals surface area contributed by atoms with Gasteiger partial charge in [0, 0.05) is 50.5 Å². The van der Waals surface area contributed by atoms with Crippen LogP contribution in [0.1, 0.15) is 32.6 Å². The highest BCUT2D eigenvalue weighted by molar-refractivity contribution is 7.92. The molecule has 3 heterocycles. The number of aryl methyl sites for hydroxylation is 1. The van der Waals surface area contributed by atoms with Gasteiger partial charge in [0.1, 0.15) is 0 Å². The number of nitrogens with one attached hydrogen (secondary N) is 1. The van der Waals surface area contributed by atoms with E-state index in [2.05, 4.69) is 10.5 Å². The molecule has 0 spiro atoms. The van der Waals surface area contributed by atoms with Gasteiger partial charge in [-0.05, 0) is 66.6 Å². The number of sulfone groups is 1. The van der Waals surface area contributed by atoms with E-state index < -0.39 is 26.8 Å². The largest absolute Gasteiger partial charge is 0.350 e. The zero-order chi connectivity index (χ0) is 26.5. The van der Waals surface area contributed by atoms with Crippen LogP contribution in [0.4, 0.5) is 0 Å². The van der Waals surface area contributed by atoms with Crippen LogP contribution in [0.2, 0.25) is 0 Å². The van der Waals surface area contributed by atoms with E-state index >= 15 is 0 Å². The molecule has 1 N–H and O–H groups in total. The lowest BCUT2D eigenvalue weighted by atomic mass is 10.0. The second-order valence-electron chi connectivity index (χ2n) is 9.36. The Morgan fingerprint density at radius 1 is 1.08 bits per heavy atom. The average molecular weight is 526 g/mol. The lowest BCUT2D eigenvalue weighted by molar-refractivity contribution is -0.201. The normalized spacial score (nSPS) is 17.6. The van der Waals surface area contributed by atoms with Gasteiger partial charge in [0.2, 0.25) is 0 Å². The topological polar surface area (TPSA) is 117 Å². The average Bonchev–Trinajstić information content (AvgIpc) is 2.91. The fourth-order valence-corrected chi connectivity index (χ4v) is 4.94. The van der Waals surface area contributed by atoms with E-state index in [4.69, 9.17) is 9.57 Å². The summed E-state index contributed by atoms with van der Waals surface area (Å²) in [5, 5.41) is 0. The highest BCUT2D eigenvalue weighted by atomic mass is 32.2. The molecule has 0 aliphatic carbocycles. The Morgan fingerprint density at radius 2 is 1.73 bits per heavy atom. The van der Waals surface area contributed by atoms with Gasteiger partial charge < -0.3 is 9.30 Å². The lowest BCUT2D eigenvalue weighted by Crippen LogP contribution is -2.51. The molecule has 3 aromatic rings. The monoisotopic (exact) mass is 525 g/mol. The molecule has 10 heteroatoms. The third-order valence-electron chi connectivity index (χ3n) is 6.78. The predicted molar refractivity (Wildman–Crippen MR) is 140 cm³/mol. The van der Waals surface area contributed by atoms with Gasteiger partial charge in [0.05, 0.1) is 0 Å². The number of pyridine rings is 2. The van der Waals surface area contributed by atoms with Crippen molar-refractivity contribution in [1.29, 1.82) is 0 Å². The Labute approximate surface area is 216 Å². The van der Waals surface area contributed by atoms with Gasteiger partial charge in [-0.2, -0.15) is 0 Å². The Balaban J connectivity index is 1.44. The first kappa shape index (κ1) is 26.7. The van der Waals surface area contributed by atoms with Gasteiger partial charge in [-0.15, -0.1) is 0 Å². The standard InChI is InChI=1S/C27H31N3O6S/c1-27(37(2,33)34,26(32)29-36-25-5-3-4-18-35-25)13-17-30-16-12-23(19-24(30)31)21-8-6-20(7-9-21)22-10-14-28-15-11-22/h6-12,14-16,19,25H,3-5,13,17-18H2,1-2H3,(H,29,32). The number of hydrogen-bond donors (Lipinski definition) is 1. The van der Waals surface area contributed by atoms with Crippen molar-refractivity contribution >= 4 is 15.7 Å². The molecule has 0 bridgehead atoms. The molecule has 1 saturated heterocycles. The van der Waals surface area contributed by atoms with Crippen LogP contribution < -0.4 is 11.0 Å². The van der Waals surface area contributed by atoms with Gasteiger partial charge in [0.15, 0.2) is 20.9 Å². The maximum absolute atomic E-state index is 12.9. The number of ether oxygens (including phenoxy) is 1. The van der Waals surface area contributed by atoms with Crippen LogP contribution in [0.3, 0.4) is 0 Å². The van der Waals surface area contributed by atoms with Crippen molar-refractivity contribution in [2.24, 2.45) is 0 Å². The van der Waals surface area contributed by atoms with Gasteiger partial charge in [-0.3, -0.25) is 14.6 Å². The summed E-state index contributed by atoms with van der Waals surface area (Å²) in [5.74, 6) is -0.789. The Morgan fingerprint density at radius 3 is 2.32 bits per heavy atom. The highest BCUT2D eigenvalue weighted by Crippen LogP contribution is 2.25. The zero-order valence-corrected chi connectivity index (χ0v) is 21.7. The number of nitrogens with zero attached hydrogens (tertiary/aromatic N) is 2. The summed E-state index contributed by atoms with van der Waals surface area (Å²) >= 11 is 0. The number of rotatable bonds is 9. The minimum Gasteiger partial charge on any atom is -0.350 e. The molecule has 196 valence electrons. The molecule has 0 radical (unpaired) electrons. The van der Waals surface area contributed by atoms with E-state index in [9.17, 15) is 18.0 Å². The summed E-state index contributed by atoms with van der Waals surface area (Å²) in [6.45, 7) is 1.90. The van der Waals surface area contributed by atoms with Gasteiger partial charge >= 0.3 is 0 Å². The number of benzene rings is 1. The predicted octanol–water partition coefficient (Wildman–Crippen LogP) is 3.35.